The Hall–Kier alpha value is -3.65. The molecule has 33 heavy (non-hydrogen) atoms. The zero-order valence-electron chi connectivity index (χ0n) is 18.5. The fourth-order valence-electron chi connectivity index (χ4n) is 4.50. The first-order valence-corrected chi connectivity index (χ1v) is 11.2. The van der Waals surface area contributed by atoms with Crippen LogP contribution in [0.3, 0.4) is 0 Å². The van der Waals surface area contributed by atoms with E-state index in [1.165, 1.54) is 0 Å². The highest BCUT2D eigenvalue weighted by Crippen LogP contribution is 2.36. The van der Waals surface area contributed by atoms with Gasteiger partial charge in [-0.2, -0.15) is 4.98 Å². The van der Waals surface area contributed by atoms with Crippen LogP contribution in [-0.4, -0.2) is 40.4 Å². The van der Waals surface area contributed by atoms with Gasteiger partial charge in [-0.25, -0.2) is 9.78 Å². The molecule has 0 unspecified atom stereocenters. The molecule has 3 aromatic rings. The minimum atomic E-state index is -0.306. The van der Waals surface area contributed by atoms with E-state index in [1.54, 1.807) is 23.1 Å². The van der Waals surface area contributed by atoms with Crippen molar-refractivity contribution >= 4 is 29.2 Å². The van der Waals surface area contributed by atoms with Crippen LogP contribution in [0.4, 0.5) is 27.9 Å². The number of carbonyl (C=O) groups excluding carboxylic acids is 1. The van der Waals surface area contributed by atoms with Crippen LogP contribution in [0, 0.1) is 0 Å². The number of aliphatic hydroxyl groups is 1. The van der Waals surface area contributed by atoms with Crippen molar-refractivity contribution in [3.8, 4) is 5.75 Å². The number of aromatic nitrogens is 2. The fraction of sp³-hybridized carbons (Fsp3) is 0.320. The molecule has 2 aliphatic rings. The van der Waals surface area contributed by atoms with Crippen molar-refractivity contribution in [2.45, 2.75) is 44.4 Å². The highest BCUT2D eigenvalue weighted by atomic mass is 16.5. The van der Waals surface area contributed by atoms with Gasteiger partial charge in [0, 0.05) is 29.2 Å². The lowest BCUT2D eigenvalue weighted by Crippen LogP contribution is -2.53. The van der Waals surface area contributed by atoms with E-state index in [0.717, 1.165) is 35.5 Å². The standard InChI is InChI=1S/C25H27N5O3/c1-33-22-13-9-19(10-14-22)29-16-17-15-26-24(27-18-5-3-2-4-6-18)28-23(17)30(25(29)32)20-7-11-21(31)12-8-20/h2-6,9-10,13-15,20-21,31H,7-8,11-12,16H2,1H3,(H,26,27,28)/t20-,21-. The van der Waals surface area contributed by atoms with Crippen LogP contribution >= 0.6 is 0 Å². The number of ether oxygens (including phenoxy) is 1. The maximum atomic E-state index is 13.8. The number of para-hydroxylation sites is 1. The van der Waals surface area contributed by atoms with Gasteiger partial charge in [0.1, 0.15) is 11.6 Å². The number of fused-ring (bicyclic) bond motifs is 1. The van der Waals surface area contributed by atoms with Gasteiger partial charge in [-0.1, -0.05) is 18.2 Å². The first-order chi connectivity index (χ1) is 16.1. The van der Waals surface area contributed by atoms with Gasteiger partial charge in [0.25, 0.3) is 0 Å². The Labute approximate surface area is 192 Å². The Bertz CT molecular complexity index is 1110. The van der Waals surface area contributed by atoms with E-state index in [2.05, 4.69) is 10.3 Å². The Morgan fingerprint density at radius 2 is 1.76 bits per heavy atom. The summed E-state index contributed by atoms with van der Waals surface area (Å²) in [5, 5.41) is 13.2. The van der Waals surface area contributed by atoms with Crippen molar-refractivity contribution in [1.82, 2.24) is 9.97 Å². The normalized spacial score (nSPS) is 20.4. The van der Waals surface area contributed by atoms with E-state index in [0.29, 0.717) is 31.2 Å². The Balaban J connectivity index is 1.51. The number of hydrogen-bond acceptors (Lipinski definition) is 6. The van der Waals surface area contributed by atoms with Gasteiger partial charge >= 0.3 is 6.03 Å². The highest BCUT2D eigenvalue weighted by Gasteiger charge is 2.38. The summed E-state index contributed by atoms with van der Waals surface area (Å²) in [6.07, 6.45) is 4.29. The van der Waals surface area contributed by atoms with Crippen molar-refractivity contribution in [3.63, 3.8) is 0 Å². The summed E-state index contributed by atoms with van der Waals surface area (Å²) >= 11 is 0. The second-order valence-electron chi connectivity index (χ2n) is 8.43. The van der Waals surface area contributed by atoms with Crippen LogP contribution in [-0.2, 0) is 6.54 Å². The molecule has 0 radical (unpaired) electrons. The molecule has 0 bridgehead atoms. The first-order valence-electron chi connectivity index (χ1n) is 11.2. The molecule has 2 N–H and O–H groups in total. The average molecular weight is 446 g/mol. The lowest BCUT2D eigenvalue weighted by atomic mass is 9.91. The van der Waals surface area contributed by atoms with Crippen molar-refractivity contribution in [3.05, 3.63) is 66.4 Å². The number of nitrogens with one attached hydrogen (secondary N) is 1. The number of aliphatic hydroxyl groups excluding tert-OH is 1. The van der Waals surface area contributed by atoms with Crippen LogP contribution < -0.4 is 19.9 Å². The third-order valence-electron chi connectivity index (χ3n) is 6.28. The summed E-state index contributed by atoms with van der Waals surface area (Å²) in [4.78, 5) is 26.6. The molecule has 170 valence electrons. The number of carbonyl (C=O) groups is 1. The molecular weight excluding hydrogens is 418 g/mol. The van der Waals surface area contributed by atoms with Crippen LogP contribution in [0.25, 0.3) is 0 Å². The molecule has 1 aliphatic heterocycles. The smallest absolute Gasteiger partial charge is 0.330 e. The quantitative estimate of drug-likeness (QED) is 0.602. The molecule has 8 heteroatoms. The number of methoxy groups -OCH3 is 1. The molecule has 2 aromatic carbocycles. The predicted molar refractivity (Wildman–Crippen MR) is 127 cm³/mol. The number of urea groups is 1. The molecule has 0 spiro atoms. The summed E-state index contributed by atoms with van der Waals surface area (Å²) in [6, 6.07) is 17.1. The number of nitrogens with zero attached hydrogens (tertiary/aromatic N) is 4. The highest BCUT2D eigenvalue weighted by molar-refractivity contribution is 6.06. The van der Waals surface area contributed by atoms with Crippen LogP contribution in [0.15, 0.2) is 60.8 Å². The van der Waals surface area contributed by atoms with Crippen LogP contribution in [0.2, 0.25) is 0 Å². The van der Waals surface area contributed by atoms with Gasteiger partial charge in [-0.05, 0) is 62.1 Å². The molecular formula is C25H27N5O3. The van der Waals surface area contributed by atoms with Crippen LogP contribution in [0.5, 0.6) is 5.75 Å². The zero-order chi connectivity index (χ0) is 22.8. The molecule has 0 saturated heterocycles. The summed E-state index contributed by atoms with van der Waals surface area (Å²) in [6.45, 7) is 0.387. The van der Waals surface area contributed by atoms with Gasteiger partial charge in [0.2, 0.25) is 5.95 Å². The fourth-order valence-corrected chi connectivity index (χ4v) is 4.50. The van der Waals surface area contributed by atoms with Crippen molar-refractivity contribution in [2.24, 2.45) is 0 Å². The lowest BCUT2D eigenvalue weighted by molar-refractivity contribution is 0.122. The first kappa shape index (κ1) is 21.2. The van der Waals surface area contributed by atoms with Crippen molar-refractivity contribution < 1.29 is 14.6 Å². The molecule has 2 amide bonds. The minimum Gasteiger partial charge on any atom is -0.497 e. The lowest BCUT2D eigenvalue weighted by Gasteiger charge is -2.42. The van der Waals surface area contributed by atoms with E-state index < -0.39 is 0 Å². The summed E-state index contributed by atoms with van der Waals surface area (Å²) in [7, 11) is 1.62. The molecule has 0 atom stereocenters. The largest absolute Gasteiger partial charge is 0.497 e. The molecule has 1 aromatic heterocycles. The van der Waals surface area contributed by atoms with Gasteiger partial charge in [0.15, 0.2) is 0 Å². The molecule has 1 saturated carbocycles. The Morgan fingerprint density at radius 1 is 1.03 bits per heavy atom. The number of rotatable bonds is 5. The topological polar surface area (TPSA) is 90.8 Å². The summed E-state index contributed by atoms with van der Waals surface area (Å²) in [5.41, 5.74) is 2.56. The summed E-state index contributed by atoms with van der Waals surface area (Å²) < 4.78 is 5.26. The summed E-state index contributed by atoms with van der Waals surface area (Å²) in [5.74, 6) is 1.83. The van der Waals surface area contributed by atoms with Gasteiger partial charge in [0.05, 0.1) is 19.8 Å². The minimum absolute atomic E-state index is 0.0276. The molecule has 2 heterocycles. The number of hydrogen-bond donors (Lipinski definition) is 2. The molecule has 8 nitrogen and oxygen atoms in total. The third kappa shape index (κ3) is 4.34. The molecule has 5 rings (SSSR count). The van der Waals surface area contributed by atoms with Crippen LogP contribution in [0.1, 0.15) is 31.2 Å². The monoisotopic (exact) mass is 445 g/mol. The van der Waals surface area contributed by atoms with E-state index in [4.69, 9.17) is 9.72 Å². The van der Waals surface area contributed by atoms with E-state index in [1.807, 2.05) is 54.6 Å². The maximum Gasteiger partial charge on any atom is 0.330 e. The van der Waals surface area contributed by atoms with Crippen molar-refractivity contribution in [1.29, 1.82) is 0 Å². The zero-order valence-corrected chi connectivity index (χ0v) is 18.5. The van der Waals surface area contributed by atoms with Crippen molar-refractivity contribution in [2.75, 3.05) is 22.2 Å². The number of anilines is 4. The average Bonchev–Trinajstić information content (AvgIpc) is 2.85. The Morgan fingerprint density at radius 3 is 2.45 bits per heavy atom. The SMILES string of the molecule is COc1ccc(N2Cc3cnc(Nc4ccccc4)nc3N([C@H]3CC[C@H](O)CC3)C2=O)cc1. The second-order valence-corrected chi connectivity index (χ2v) is 8.43. The Kier molecular flexibility index (Phi) is 5.83. The van der Waals surface area contributed by atoms with Gasteiger partial charge < -0.3 is 15.2 Å². The number of amides is 2. The van der Waals surface area contributed by atoms with Gasteiger partial charge in [-0.15, -0.1) is 0 Å². The molecule has 1 fully saturated rings. The van der Waals surface area contributed by atoms with Gasteiger partial charge in [-0.3, -0.25) is 9.80 Å². The second kappa shape index (κ2) is 9.07. The predicted octanol–water partition coefficient (Wildman–Crippen LogP) is 4.48. The third-order valence-corrected chi connectivity index (χ3v) is 6.28. The maximum absolute atomic E-state index is 13.8. The number of benzene rings is 2. The van der Waals surface area contributed by atoms with E-state index in [9.17, 15) is 9.90 Å². The molecule has 1 aliphatic carbocycles. The van der Waals surface area contributed by atoms with E-state index in [-0.39, 0.29) is 18.2 Å². The van der Waals surface area contributed by atoms with E-state index >= 15 is 0 Å².